The highest BCUT2D eigenvalue weighted by molar-refractivity contribution is 6.10. The molecule has 25 heavy (non-hydrogen) atoms. The molecular weight excluding hydrogens is 320 g/mol. The molecule has 3 rings (SSSR count). The Morgan fingerprint density at radius 2 is 1.56 bits per heavy atom. The fraction of sp³-hybridized carbons (Fsp3) is 0.368. The lowest BCUT2D eigenvalue weighted by molar-refractivity contribution is -0.146. The number of carbonyl (C=O) groups excluding carboxylic acids is 4. The average Bonchev–Trinajstić information content (AvgIpc) is 2.86. The van der Waals surface area contributed by atoms with Crippen LogP contribution >= 0.6 is 0 Å². The van der Waals surface area contributed by atoms with Crippen LogP contribution in [0.4, 0.5) is 5.69 Å². The summed E-state index contributed by atoms with van der Waals surface area (Å²) in [7, 11) is 0. The molecule has 1 aromatic rings. The van der Waals surface area contributed by atoms with Gasteiger partial charge in [-0.05, 0) is 51.0 Å². The van der Waals surface area contributed by atoms with Crippen molar-refractivity contribution in [2.75, 3.05) is 5.32 Å². The van der Waals surface area contributed by atoms with Crippen molar-refractivity contribution in [1.29, 1.82) is 0 Å². The van der Waals surface area contributed by atoms with E-state index in [0.717, 1.165) is 4.90 Å². The third-order valence-electron chi connectivity index (χ3n) is 4.87. The number of fused-ring (bicyclic) bond motifs is 1. The van der Waals surface area contributed by atoms with E-state index in [1.54, 1.807) is 31.2 Å². The zero-order chi connectivity index (χ0) is 18.1. The molecule has 0 unspecified atom stereocenters. The number of benzene rings is 1. The summed E-state index contributed by atoms with van der Waals surface area (Å²) in [6, 6.07) is 5.61. The molecule has 0 aromatic heterocycles. The van der Waals surface area contributed by atoms with E-state index >= 15 is 0 Å². The van der Waals surface area contributed by atoms with Gasteiger partial charge >= 0.3 is 0 Å². The number of Topliss-reactive ketones (excluding diaryl/α,β-unsaturated/α-hetero) is 1. The van der Waals surface area contributed by atoms with E-state index in [-0.39, 0.29) is 29.4 Å². The molecule has 1 fully saturated rings. The largest absolute Gasteiger partial charge is 0.324 e. The van der Waals surface area contributed by atoms with Gasteiger partial charge in [0.15, 0.2) is 5.78 Å². The maximum atomic E-state index is 12.5. The number of hydrogen-bond acceptors (Lipinski definition) is 4. The summed E-state index contributed by atoms with van der Waals surface area (Å²) in [6.07, 6.45) is 4.92. The first-order valence-corrected chi connectivity index (χ1v) is 8.34. The minimum absolute atomic E-state index is 0.0595. The molecule has 1 saturated heterocycles. The van der Waals surface area contributed by atoms with Gasteiger partial charge < -0.3 is 5.32 Å². The van der Waals surface area contributed by atoms with E-state index in [0.29, 0.717) is 24.1 Å². The molecule has 6 heteroatoms. The van der Waals surface area contributed by atoms with Crippen LogP contribution in [0.5, 0.6) is 0 Å². The summed E-state index contributed by atoms with van der Waals surface area (Å²) in [5.74, 6) is -1.72. The molecule has 0 spiro atoms. The Hall–Kier alpha value is -2.76. The van der Waals surface area contributed by atoms with Crippen LogP contribution in [0.1, 0.15) is 37.0 Å². The SMILES string of the molecule is CC(=O)c1ccc(NC(=O)[C@H](C)N2C(=O)[C@@H]3CC=CC[C@H]3C2=O)cc1. The Balaban J connectivity index is 1.71. The van der Waals surface area contributed by atoms with Crippen LogP contribution in [0.25, 0.3) is 0 Å². The minimum atomic E-state index is -0.877. The quantitative estimate of drug-likeness (QED) is 0.517. The molecule has 0 saturated carbocycles. The predicted molar refractivity (Wildman–Crippen MR) is 91.7 cm³/mol. The fourth-order valence-electron chi connectivity index (χ4n) is 3.36. The molecule has 0 radical (unpaired) electrons. The highest BCUT2D eigenvalue weighted by Crippen LogP contribution is 2.36. The number of anilines is 1. The fourth-order valence-corrected chi connectivity index (χ4v) is 3.36. The Morgan fingerprint density at radius 3 is 2.04 bits per heavy atom. The van der Waals surface area contributed by atoms with Crippen LogP contribution in [-0.2, 0) is 14.4 Å². The molecule has 3 atom stereocenters. The molecule has 1 N–H and O–H groups in total. The van der Waals surface area contributed by atoms with Crippen molar-refractivity contribution in [2.45, 2.75) is 32.7 Å². The number of allylic oxidation sites excluding steroid dienone is 2. The van der Waals surface area contributed by atoms with E-state index in [4.69, 9.17) is 0 Å². The van der Waals surface area contributed by atoms with Crippen molar-refractivity contribution in [3.8, 4) is 0 Å². The standard InChI is InChI=1S/C19H20N2O4/c1-11(17(23)20-14-9-7-13(8-10-14)12(2)22)21-18(24)15-5-3-4-6-16(15)19(21)25/h3-4,7-11,15-16H,5-6H2,1-2H3,(H,20,23)/t11-,15+,16+/m0/s1. The molecule has 130 valence electrons. The number of amides is 3. The molecule has 3 amide bonds. The number of hydrogen-bond donors (Lipinski definition) is 1. The Morgan fingerprint density at radius 1 is 1.04 bits per heavy atom. The molecule has 0 bridgehead atoms. The van der Waals surface area contributed by atoms with E-state index < -0.39 is 11.9 Å². The molecule has 6 nitrogen and oxygen atoms in total. The molecule has 1 aromatic carbocycles. The van der Waals surface area contributed by atoms with Gasteiger partial charge in [-0.1, -0.05) is 12.2 Å². The number of ketones is 1. The second kappa shape index (κ2) is 6.63. The van der Waals surface area contributed by atoms with Crippen molar-refractivity contribution in [3.05, 3.63) is 42.0 Å². The van der Waals surface area contributed by atoms with Crippen molar-refractivity contribution in [2.24, 2.45) is 11.8 Å². The zero-order valence-corrected chi connectivity index (χ0v) is 14.2. The first-order valence-electron chi connectivity index (χ1n) is 8.34. The summed E-state index contributed by atoms with van der Waals surface area (Å²) in [5.41, 5.74) is 1.06. The summed E-state index contributed by atoms with van der Waals surface area (Å²) in [4.78, 5) is 49.9. The van der Waals surface area contributed by atoms with Gasteiger partial charge in [-0.15, -0.1) is 0 Å². The molecule has 1 aliphatic heterocycles. The maximum Gasteiger partial charge on any atom is 0.247 e. The first kappa shape index (κ1) is 17.1. The lowest BCUT2D eigenvalue weighted by Gasteiger charge is -2.22. The highest BCUT2D eigenvalue weighted by atomic mass is 16.2. The minimum Gasteiger partial charge on any atom is -0.324 e. The van der Waals surface area contributed by atoms with Gasteiger partial charge in [-0.25, -0.2) is 0 Å². The van der Waals surface area contributed by atoms with Gasteiger partial charge in [0.2, 0.25) is 17.7 Å². The van der Waals surface area contributed by atoms with Gasteiger partial charge in [0.25, 0.3) is 0 Å². The number of likely N-dealkylation sites (tertiary alicyclic amines) is 1. The smallest absolute Gasteiger partial charge is 0.247 e. The van der Waals surface area contributed by atoms with E-state index in [2.05, 4.69) is 5.32 Å². The topological polar surface area (TPSA) is 83.6 Å². The van der Waals surface area contributed by atoms with Crippen molar-refractivity contribution >= 4 is 29.2 Å². The second-order valence-electron chi connectivity index (χ2n) is 6.50. The molecule has 1 aliphatic carbocycles. The average molecular weight is 340 g/mol. The zero-order valence-electron chi connectivity index (χ0n) is 14.2. The van der Waals surface area contributed by atoms with Crippen LogP contribution in [-0.4, -0.2) is 34.4 Å². The van der Waals surface area contributed by atoms with E-state index in [1.165, 1.54) is 6.92 Å². The normalized spacial score (nSPS) is 23.4. The molecule has 2 aliphatic rings. The van der Waals surface area contributed by atoms with Crippen LogP contribution in [0, 0.1) is 11.8 Å². The number of nitrogens with zero attached hydrogens (tertiary/aromatic N) is 1. The predicted octanol–water partition coefficient (Wildman–Crippen LogP) is 2.17. The van der Waals surface area contributed by atoms with Crippen LogP contribution in [0.2, 0.25) is 0 Å². The Labute approximate surface area is 145 Å². The van der Waals surface area contributed by atoms with E-state index in [9.17, 15) is 19.2 Å². The van der Waals surface area contributed by atoms with Gasteiger partial charge in [-0.3, -0.25) is 24.1 Å². The number of carbonyl (C=O) groups is 4. The van der Waals surface area contributed by atoms with Crippen LogP contribution in [0.3, 0.4) is 0 Å². The summed E-state index contributed by atoms with van der Waals surface area (Å²) in [5, 5.41) is 2.70. The van der Waals surface area contributed by atoms with E-state index in [1.807, 2.05) is 12.2 Å². The van der Waals surface area contributed by atoms with Gasteiger partial charge in [0, 0.05) is 11.3 Å². The lowest BCUT2D eigenvalue weighted by Crippen LogP contribution is -2.46. The lowest BCUT2D eigenvalue weighted by atomic mass is 9.85. The number of imide groups is 1. The van der Waals surface area contributed by atoms with Gasteiger partial charge in [-0.2, -0.15) is 0 Å². The molecular formula is C19H20N2O4. The summed E-state index contributed by atoms with van der Waals surface area (Å²) >= 11 is 0. The Kier molecular flexibility index (Phi) is 4.53. The van der Waals surface area contributed by atoms with Gasteiger partial charge in [0.05, 0.1) is 11.8 Å². The van der Waals surface area contributed by atoms with Crippen molar-refractivity contribution in [1.82, 2.24) is 4.90 Å². The van der Waals surface area contributed by atoms with Gasteiger partial charge in [0.1, 0.15) is 6.04 Å². The third kappa shape index (κ3) is 3.12. The third-order valence-corrected chi connectivity index (χ3v) is 4.87. The number of rotatable bonds is 4. The second-order valence-corrected chi connectivity index (χ2v) is 6.50. The molecule has 1 heterocycles. The van der Waals surface area contributed by atoms with Crippen molar-refractivity contribution in [3.63, 3.8) is 0 Å². The monoisotopic (exact) mass is 340 g/mol. The van der Waals surface area contributed by atoms with Crippen molar-refractivity contribution < 1.29 is 19.2 Å². The summed E-state index contributed by atoms with van der Waals surface area (Å²) in [6.45, 7) is 3.02. The van der Waals surface area contributed by atoms with Crippen LogP contribution < -0.4 is 5.32 Å². The first-order chi connectivity index (χ1) is 11.9. The maximum absolute atomic E-state index is 12.5. The van der Waals surface area contributed by atoms with Crippen LogP contribution in [0.15, 0.2) is 36.4 Å². The highest BCUT2D eigenvalue weighted by Gasteiger charge is 2.50. The summed E-state index contributed by atoms with van der Waals surface area (Å²) < 4.78 is 0. The number of nitrogens with one attached hydrogen (secondary N) is 1. The Bertz CT molecular complexity index is 740.